The third-order valence-electron chi connectivity index (χ3n) is 2.15. The number of aromatic nitrogens is 1. The highest BCUT2D eigenvalue weighted by Gasteiger charge is 2.15. The highest BCUT2D eigenvalue weighted by molar-refractivity contribution is 6.31. The van der Waals surface area contributed by atoms with Crippen LogP contribution in [0.15, 0.2) is 12.3 Å². The van der Waals surface area contributed by atoms with Crippen LogP contribution in [0.5, 0.6) is 5.88 Å². The van der Waals surface area contributed by atoms with Crippen LogP contribution < -0.4 is 10.1 Å². The Bertz CT molecular complexity index is 386. The average Bonchev–Trinajstić information content (AvgIpc) is 2.19. The zero-order valence-corrected chi connectivity index (χ0v) is 12.6. The van der Waals surface area contributed by atoms with Gasteiger partial charge in [-0.05, 0) is 44.9 Å². The molecule has 4 heteroatoms. The number of nitrogens with zero attached hydrogens (tertiary/aromatic N) is 1. The van der Waals surface area contributed by atoms with Gasteiger partial charge in [0.25, 0.3) is 0 Å². The molecule has 0 aromatic carbocycles. The molecule has 0 aliphatic rings. The van der Waals surface area contributed by atoms with E-state index in [2.05, 4.69) is 24.1 Å². The molecule has 0 amide bonds. The molecule has 0 bridgehead atoms. The normalized spacial score (nSPS) is 11.9. The first-order chi connectivity index (χ1) is 8.28. The van der Waals surface area contributed by atoms with Crippen LogP contribution in [0.3, 0.4) is 0 Å². The Morgan fingerprint density at radius 2 is 2.06 bits per heavy atom. The molecule has 1 N–H and O–H groups in total. The second-order valence-corrected chi connectivity index (χ2v) is 6.28. The lowest BCUT2D eigenvalue weighted by atomic mass is 10.2. The van der Waals surface area contributed by atoms with Gasteiger partial charge in [0.15, 0.2) is 0 Å². The molecule has 1 aromatic rings. The molecule has 0 aliphatic carbocycles. The van der Waals surface area contributed by atoms with Crippen molar-refractivity contribution in [2.24, 2.45) is 5.92 Å². The Morgan fingerprint density at radius 1 is 1.39 bits per heavy atom. The van der Waals surface area contributed by atoms with E-state index in [9.17, 15) is 0 Å². The number of ether oxygens (including phenoxy) is 1. The van der Waals surface area contributed by atoms with Crippen molar-refractivity contribution in [2.75, 3.05) is 6.54 Å². The second kappa shape index (κ2) is 6.39. The number of halogens is 1. The molecule has 1 heterocycles. The lowest BCUT2D eigenvalue weighted by Crippen LogP contribution is -2.24. The largest absolute Gasteiger partial charge is 0.471 e. The van der Waals surface area contributed by atoms with Crippen molar-refractivity contribution < 1.29 is 4.74 Å². The second-order valence-electron chi connectivity index (χ2n) is 5.87. The summed E-state index contributed by atoms with van der Waals surface area (Å²) in [6.07, 6.45) is 1.81. The van der Waals surface area contributed by atoms with Gasteiger partial charge in [-0.15, -0.1) is 0 Å². The number of hydrogen-bond donors (Lipinski definition) is 1. The number of nitrogens with one attached hydrogen (secondary N) is 1. The van der Waals surface area contributed by atoms with E-state index < -0.39 is 0 Å². The number of pyridine rings is 1. The summed E-state index contributed by atoms with van der Waals surface area (Å²) in [5, 5.41) is 3.92. The molecule has 0 atom stereocenters. The van der Waals surface area contributed by atoms with E-state index in [1.807, 2.05) is 26.8 Å². The lowest BCUT2D eigenvalue weighted by Gasteiger charge is -2.21. The fraction of sp³-hybridized carbons (Fsp3) is 0.643. The maximum absolute atomic E-state index is 6.16. The van der Waals surface area contributed by atoms with Crippen LogP contribution in [-0.4, -0.2) is 17.1 Å². The fourth-order valence-electron chi connectivity index (χ4n) is 1.43. The van der Waals surface area contributed by atoms with Crippen molar-refractivity contribution in [1.29, 1.82) is 0 Å². The van der Waals surface area contributed by atoms with Crippen LogP contribution in [0, 0.1) is 5.92 Å². The van der Waals surface area contributed by atoms with E-state index in [1.165, 1.54) is 0 Å². The van der Waals surface area contributed by atoms with E-state index in [0.29, 0.717) is 16.8 Å². The van der Waals surface area contributed by atoms with Gasteiger partial charge in [-0.3, -0.25) is 0 Å². The fourth-order valence-corrected chi connectivity index (χ4v) is 1.66. The van der Waals surface area contributed by atoms with Crippen molar-refractivity contribution >= 4 is 11.6 Å². The Labute approximate surface area is 115 Å². The predicted molar refractivity (Wildman–Crippen MR) is 76.2 cm³/mol. The summed E-state index contributed by atoms with van der Waals surface area (Å²) in [5.41, 5.74) is 0.788. The SMILES string of the molecule is CC(C)CNCc1cnc(OC(C)(C)C)c(Cl)c1. The van der Waals surface area contributed by atoms with Gasteiger partial charge in [0, 0.05) is 12.7 Å². The molecular weight excluding hydrogens is 248 g/mol. The Balaban J connectivity index is 2.62. The van der Waals surface area contributed by atoms with Crippen LogP contribution in [0.4, 0.5) is 0 Å². The molecule has 1 aromatic heterocycles. The molecule has 0 unspecified atom stereocenters. The van der Waals surface area contributed by atoms with E-state index >= 15 is 0 Å². The summed E-state index contributed by atoms with van der Waals surface area (Å²) in [7, 11) is 0. The van der Waals surface area contributed by atoms with Crippen LogP contribution in [0.2, 0.25) is 5.02 Å². The molecule has 0 saturated carbocycles. The Morgan fingerprint density at radius 3 is 2.56 bits per heavy atom. The van der Waals surface area contributed by atoms with Gasteiger partial charge in [-0.25, -0.2) is 4.98 Å². The maximum Gasteiger partial charge on any atom is 0.233 e. The summed E-state index contributed by atoms with van der Waals surface area (Å²) in [4.78, 5) is 4.27. The third-order valence-corrected chi connectivity index (χ3v) is 2.42. The van der Waals surface area contributed by atoms with E-state index in [-0.39, 0.29) is 5.60 Å². The van der Waals surface area contributed by atoms with E-state index in [0.717, 1.165) is 18.7 Å². The smallest absolute Gasteiger partial charge is 0.233 e. The molecular formula is C14H23ClN2O. The Kier molecular flexibility index (Phi) is 5.42. The van der Waals surface area contributed by atoms with Gasteiger partial charge in [0.05, 0.1) is 0 Å². The van der Waals surface area contributed by atoms with Crippen LogP contribution in [-0.2, 0) is 6.54 Å². The van der Waals surface area contributed by atoms with Crippen LogP contribution in [0.1, 0.15) is 40.2 Å². The topological polar surface area (TPSA) is 34.2 Å². The zero-order chi connectivity index (χ0) is 13.8. The average molecular weight is 271 g/mol. The molecule has 3 nitrogen and oxygen atoms in total. The van der Waals surface area contributed by atoms with Crippen molar-refractivity contribution in [2.45, 2.75) is 46.8 Å². The highest BCUT2D eigenvalue weighted by Crippen LogP contribution is 2.25. The third kappa shape index (κ3) is 5.69. The number of rotatable bonds is 5. The van der Waals surface area contributed by atoms with Crippen molar-refractivity contribution in [3.63, 3.8) is 0 Å². The minimum atomic E-state index is -0.284. The zero-order valence-electron chi connectivity index (χ0n) is 11.9. The molecule has 102 valence electrons. The molecule has 0 saturated heterocycles. The molecule has 0 fully saturated rings. The van der Waals surface area contributed by atoms with Gasteiger partial charge in [-0.1, -0.05) is 25.4 Å². The monoisotopic (exact) mass is 270 g/mol. The summed E-state index contributed by atoms with van der Waals surface area (Å²) in [5.74, 6) is 1.13. The van der Waals surface area contributed by atoms with Gasteiger partial charge in [0.1, 0.15) is 10.6 Å². The molecule has 0 spiro atoms. The van der Waals surface area contributed by atoms with E-state index in [4.69, 9.17) is 16.3 Å². The van der Waals surface area contributed by atoms with Gasteiger partial charge < -0.3 is 10.1 Å². The van der Waals surface area contributed by atoms with E-state index in [1.54, 1.807) is 6.20 Å². The predicted octanol–water partition coefficient (Wildman–Crippen LogP) is 3.66. The van der Waals surface area contributed by atoms with Gasteiger partial charge in [0.2, 0.25) is 5.88 Å². The lowest BCUT2D eigenvalue weighted by molar-refractivity contribution is 0.124. The van der Waals surface area contributed by atoms with Crippen molar-refractivity contribution in [3.05, 3.63) is 22.8 Å². The Hall–Kier alpha value is -0.800. The van der Waals surface area contributed by atoms with Gasteiger partial charge >= 0.3 is 0 Å². The first-order valence-corrected chi connectivity index (χ1v) is 6.70. The first kappa shape index (κ1) is 15.3. The molecule has 1 rings (SSSR count). The van der Waals surface area contributed by atoms with Crippen molar-refractivity contribution in [3.8, 4) is 5.88 Å². The molecule has 0 radical (unpaired) electrons. The summed E-state index contributed by atoms with van der Waals surface area (Å²) in [6.45, 7) is 12.0. The highest BCUT2D eigenvalue weighted by atomic mass is 35.5. The minimum Gasteiger partial charge on any atom is -0.471 e. The molecule has 0 aliphatic heterocycles. The quantitative estimate of drug-likeness (QED) is 0.887. The van der Waals surface area contributed by atoms with Crippen LogP contribution >= 0.6 is 11.6 Å². The van der Waals surface area contributed by atoms with Crippen LogP contribution in [0.25, 0.3) is 0 Å². The summed E-state index contributed by atoms with van der Waals surface area (Å²) < 4.78 is 5.67. The maximum atomic E-state index is 6.16. The standard InChI is InChI=1S/C14H23ClN2O/c1-10(2)7-16-8-11-6-12(15)13(17-9-11)18-14(3,4)5/h6,9-10,16H,7-8H2,1-5H3. The number of hydrogen-bond acceptors (Lipinski definition) is 3. The summed E-state index contributed by atoms with van der Waals surface area (Å²) in [6, 6.07) is 1.91. The van der Waals surface area contributed by atoms with Gasteiger partial charge in [-0.2, -0.15) is 0 Å². The molecule has 18 heavy (non-hydrogen) atoms. The summed E-state index contributed by atoms with van der Waals surface area (Å²) >= 11 is 6.16. The first-order valence-electron chi connectivity index (χ1n) is 6.32. The minimum absolute atomic E-state index is 0.284. The van der Waals surface area contributed by atoms with Crippen molar-refractivity contribution in [1.82, 2.24) is 10.3 Å².